The summed E-state index contributed by atoms with van der Waals surface area (Å²) in [5.74, 6) is -1.10. The number of nitrogens with zero attached hydrogens (tertiary/aromatic N) is 1. The standard InChI is InChI=1S/C21H22FN3O3.ClH/c22-20-16-8-9-23-10-15(16)6-7-17(20)24-21(27)18-12-28-13-19(26)25(18)11-14-4-2-1-3-5-14;/h1-7,18,23H,8-13H2,(H,24,27);1H/t18-;/m1./s1. The second kappa shape index (κ2) is 9.35. The van der Waals surface area contributed by atoms with Crippen molar-refractivity contribution in [3.8, 4) is 0 Å². The van der Waals surface area contributed by atoms with Gasteiger partial charge in [0.15, 0.2) is 0 Å². The Labute approximate surface area is 174 Å². The maximum Gasteiger partial charge on any atom is 0.249 e. The van der Waals surface area contributed by atoms with Crippen LogP contribution in [0.3, 0.4) is 0 Å². The summed E-state index contributed by atoms with van der Waals surface area (Å²) in [5.41, 5.74) is 2.60. The van der Waals surface area contributed by atoms with Gasteiger partial charge in [-0.15, -0.1) is 12.4 Å². The number of anilines is 1. The molecule has 1 atom stereocenters. The van der Waals surface area contributed by atoms with Crippen molar-refractivity contribution in [1.29, 1.82) is 0 Å². The maximum atomic E-state index is 14.8. The van der Waals surface area contributed by atoms with Crippen LogP contribution in [0.1, 0.15) is 16.7 Å². The number of amides is 2. The second-order valence-corrected chi connectivity index (χ2v) is 7.02. The largest absolute Gasteiger partial charge is 0.369 e. The Bertz CT molecular complexity index is 894. The minimum atomic E-state index is -0.807. The summed E-state index contributed by atoms with van der Waals surface area (Å²) in [4.78, 5) is 26.7. The average Bonchev–Trinajstić information content (AvgIpc) is 2.72. The molecule has 154 valence electrons. The Morgan fingerprint density at radius 2 is 2.03 bits per heavy atom. The fraction of sp³-hybridized carbons (Fsp3) is 0.333. The van der Waals surface area contributed by atoms with Gasteiger partial charge in [-0.1, -0.05) is 36.4 Å². The Balaban J connectivity index is 0.00000240. The van der Waals surface area contributed by atoms with E-state index < -0.39 is 17.8 Å². The lowest BCUT2D eigenvalue weighted by Crippen LogP contribution is -2.54. The third-order valence-corrected chi connectivity index (χ3v) is 5.16. The SMILES string of the molecule is Cl.O=C(Nc1ccc2c(c1F)CCNC2)[C@H]1COCC(=O)N1Cc1ccccc1. The molecule has 29 heavy (non-hydrogen) atoms. The molecule has 2 aliphatic rings. The average molecular weight is 420 g/mol. The van der Waals surface area contributed by atoms with Crippen molar-refractivity contribution in [2.24, 2.45) is 0 Å². The molecular formula is C21H23ClFN3O3. The van der Waals surface area contributed by atoms with Gasteiger partial charge < -0.3 is 20.3 Å². The van der Waals surface area contributed by atoms with E-state index in [1.807, 2.05) is 36.4 Å². The van der Waals surface area contributed by atoms with Gasteiger partial charge in [0.2, 0.25) is 11.8 Å². The summed E-state index contributed by atoms with van der Waals surface area (Å²) in [6, 6.07) is 12.0. The quantitative estimate of drug-likeness (QED) is 0.797. The van der Waals surface area contributed by atoms with Crippen LogP contribution in [0, 0.1) is 5.82 Å². The number of fused-ring (bicyclic) bond motifs is 1. The normalized spacial score (nSPS) is 18.6. The summed E-state index contributed by atoms with van der Waals surface area (Å²) in [5, 5.41) is 5.86. The summed E-state index contributed by atoms with van der Waals surface area (Å²) < 4.78 is 20.1. The van der Waals surface area contributed by atoms with E-state index in [1.165, 1.54) is 4.90 Å². The van der Waals surface area contributed by atoms with Gasteiger partial charge in [0.1, 0.15) is 18.5 Å². The monoisotopic (exact) mass is 419 g/mol. The van der Waals surface area contributed by atoms with Crippen molar-refractivity contribution in [3.63, 3.8) is 0 Å². The van der Waals surface area contributed by atoms with Crippen LogP contribution in [-0.2, 0) is 33.8 Å². The lowest BCUT2D eigenvalue weighted by molar-refractivity contribution is -0.154. The summed E-state index contributed by atoms with van der Waals surface area (Å²) in [6.45, 7) is 1.66. The minimum Gasteiger partial charge on any atom is -0.369 e. The van der Waals surface area contributed by atoms with Crippen molar-refractivity contribution >= 4 is 29.9 Å². The van der Waals surface area contributed by atoms with E-state index in [0.29, 0.717) is 31.6 Å². The maximum absolute atomic E-state index is 14.8. The smallest absolute Gasteiger partial charge is 0.249 e. The topological polar surface area (TPSA) is 70.7 Å². The second-order valence-electron chi connectivity index (χ2n) is 7.02. The molecule has 0 unspecified atom stereocenters. The first kappa shape index (κ1) is 21.2. The molecular weight excluding hydrogens is 397 g/mol. The molecule has 2 N–H and O–H groups in total. The van der Waals surface area contributed by atoms with E-state index in [2.05, 4.69) is 10.6 Å². The lowest BCUT2D eigenvalue weighted by atomic mass is 9.99. The lowest BCUT2D eigenvalue weighted by Gasteiger charge is -2.34. The number of nitrogens with one attached hydrogen (secondary N) is 2. The Morgan fingerprint density at radius 3 is 2.83 bits per heavy atom. The number of halogens is 2. The molecule has 0 saturated carbocycles. The summed E-state index contributed by atoms with van der Waals surface area (Å²) in [7, 11) is 0. The van der Waals surface area contributed by atoms with E-state index in [4.69, 9.17) is 4.74 Å². The van der Waals surface area contributed by atoms with Crippen LogP contribution in [0.4, 0.5) is 10.1 Å². The molecule has 8 heteroatoms. The van der Waals surface area contributed by atoms with Gasteiger partial charge in [-0.05, 0) is 35.7 Å². The zero-order valence-corrected chi connectivity index (χ0v) is 16.6. The minimum absolute atomic E-state index is 0. The van der Waals surface area contributed by atoms with E-state index in [9.17, 15) is 14.0 Å². The van der Waals surface area contributed by atoms with Gasteiger partial charge in [0.25, 0.3) is 0 Å². The van der Waals surface area contributed by atoms with Crippen molar-refractivity contribution in [1.82, 2.24) is 10.2 Å². The number of hydrogen-bond acceptors (Lipinski definition) is 4. The van der Waals surface area contributed by atoms with Crippen LogP contribution >= 0.6 is 12.4 Å². The molecule has 0 spiro atoms. The molecule has 2 amide bonds. The van der Waals surface area contributed by atoms with Crippen LogP contribution in [0.15, 0.2) is 42.5 Å². The third kappa shape index (κ3) is 4.58. The molecule has 1 fully saturated rings. The first-order chi connectivity index (χ1) is 13.6. The summed E-state index contributed by atoms with van der Waals surface area (Å²) >= 11 is 0. The van der Waals surface area contributed by atoms with Crippen LogP contribution in [-0.4, -0.2) is 42.5 Å². The number of hydrogen-bond donors (Lipinski definition) is 2. The highest BCUT2D eigenvalue weighted by atomic mass is 35.5. The van der Waals surface area contributed by atoms with E-state index in [1.54, 1.807) is 6.07 Å². The fourth-order valence-electron chi connectivity index (χ4n) is 3.65. The molecule has 4 rings (SSSR count). The van der Waals surface area contributed by atoms with Crippen LogP contribution in [0.2, 0.25) is 0 Å². The van der Waals surface area contributed by atoms with Gasteiger partial charge in [0, 0.05) is 13.1 Å². The van der Waals surface area contributed by atoms with Crippen molar-refractivity contribution < 1.29 is 18.7 Å². The van der Waals surface area contributed by atoms with Gasteiger partial charge >= 0.3 is 0 Å². The molecule has 2 aliphatic heterocycles. The number of benzene rings is 2. The van der Waals surface area contributed by atoms with Gasteiger partial charge in [-0.2, -0.15) is 0 Å². The predicted molar refractivity (Wildman–Crippen MR) is 109 cm³/mol. The fourth-order valence-corrected chi connectivity index (χ4v) is 3.65. The summed E-state index contributed by atoms with van der Waals surface area (Å²) in [6.07, 6.45) is 0.579. The molecule has 0 aliphatic carbocycles. The molecule has 0 radical (unpaired) electrons. The number of carbonyl (C=O) groups is 2. The predicted octanol–water partition coefficient (Wildman–Crippen LogP) is 2.26. The Morgan fingerprint density at radius 1 is 1.24 bits per heavy atom. The van der Waals surface area contributed by atoms with Crippen LogP contribution in [0.5, 0.6) is 0 Å². The zero-order valence-electron chi connectivity index (χ0n) is 15.8. The molecule has 2 heterocycles. The molecule has 2 aromatic rings. The van der Waals surface area contributed by atoms with Gasteiger partial charge in [-0.3, -0.25) is 9.59 Å². The highest BCUT2D eigenvalue weighted by Gasteiger charge is 2.34. The number of morpholine rings is 1. The van der Waals surface area contributed by atoms with Gasteiger partial charge in [-0.25, -0.2) is 4.39 Å². The van der Waals surface area contributed by atoms with Crippen LogP contribution in [0.25, 0.3) is 0 Å². The number of rotatable bonds is 4. The molecule has 0 bridgehead atoms. The van der Waals surface area contributed by atoms with Crippen molar-refractivity contribution in [3.05, 3.63) is 65.0 Å². The van der Waals surface area contributed by atoms with E-state index in [0.717, 1.165) is 11.1 Å². The molecule has 2 aromatic carbocycles. The Kier molecular flexibility index (Phi) is 6.84. The first-order valence-corrected chi connectivity index (χ1v) is 9.36. The highest BCUT2D eigenvalue weighted by molar-refractivity contribution is 5.98. The number of ether oxygens (including phenoxy) is 1. The van der Waals surface area contributed by atoms with Gasteiger partial charge in [0.05, 0.1) is 12.3 Å². The van der Waals surface area contributed by atoms with Crippen molar-refractivity contribution in [2.75, 3.05) is 25.1 Å². The molecule has 0 aromatic heterocycles. The molecule has 6 nitrogen and oxygen atoms in total. The highest BCUT2D eigenvalue weighted by Crippen LogP contribution is 2.25. The van der Waals surface area contributed by atoms with E-state index in [-0.39, 0.29) is 37.2 Å². The Hall–Kier alpha value is -2.48. The third-order valence-electron chi connectivity index (χ3n) is 5.16. The molecule has 1 saturated heterocycles. The first-order valence-electron chi connectivity index (χ1n) is 9.36. The van der Waals surface area contributed by atoms with Crippen LogP contribution < -0.4 is 10.6 Å². The van der Waals surface area contributed by atoms with E-state index >= 15 is 0 Å². The van der Waals surface area contributed by atoms with Crippen molar-refractivity contribution in [2.45, 2.75) is 25.6 Å². The number of carbonyl (C=O) groups excluding carboxylic acids is 2. The zero-order chi connectivity index (χ0) is 19.5.